The van der Waals surface area contributed by atoms with Crippen molar-refractivity contribution in [2.45, 2.75) is 0 Å². The lowest BCUT2D eigenvalue weighted by atomic mass is 10.2. The second kappa shape index (κ2) is 7.87. The molecule has 26 heavy (non-hydrogen) atoms. The number of rotatable bonds is 4. The summed E-state index contributed by atoms with van der Waals surface area (Å²) in [5.74, 6) is -0.379. The van der Waals surface area contributed by atoms with Crippen LogP contribution >= 0.6 is 23.2 Å². The molecule has 0 saturated heterocycles. The smallest absolute Gasteiger partial charge is 0.257 e. The number of aromatic nitrogens is 1. The van der Waals surface area contributed by atoms with Crippen molar-refractivity contribution < 1.29 is 4.79 Å². The third kappa shape index (κ3) is 4.12. The van der Waals surface area contributed by atoms with Gasteiger partial charge in [0.25, 0.3) is 5.91 Å². The predicted molar refractivity (Wildman–Crippen MR) is 103 cm³/mol. The lowest BCUT2D eigenvalue weighted by Crippen LogP contribution is -2.13. The van der Waals surface area contributed by atoms with E-state index in [0.717, 1.165) is 5.69 Å². The Morgan fingerprint density at radius 1 is 1.00 bits per heavy atom. The second-order valence-corrected chi connectivity index (χ2v) is 6.14. The summed E-state index contributed by atoms with van der Waals surface area (Å²) in [4.78, 5) is 16.6. The molecule has 2 N–H and O–H groups in total. The van der Waals surface area contributed by atoms with E-state index in [1.165, 1.54) is 6.20 Å². The maximum Gasteiger partial charge on any atom is 0.257 e. The van der Waals surface area contributed by atoms with Crippen molar-refractivity contribution in [2.75, 3.05) is 10.6 Å². The van der Waals surface area contributed by atoms with Crippen molar-refractivity contribution in [3.63, 3.8) is 0 Å². The summed E-state index contributed by atoms with van der Waals surface area (Å²) in [6.45, 7) is 0. The first-order valence-corrected chi connectivity index (χ1v) is 8.30. The van der Waals surface area contributed by atoms with Crippen LogP contribution in [0.2, 0.25) is 10.0 Å². The number of anilines is 3. The van der Waals surface area contributed by atoms with Crippen molar-refractivity contribution in [2.24, 2.45) is 0 Å². The molecule has 7 heteroatoms. The van der Waals surface area contributed by atoms with Gasteiger partial charge in [-0.05, 0) is 42.5 Å². The van der Waals surface area contributed by atoms with Crippen molar-refractivity contribution in [3.05, 3.63) is 82.1 Å². The molecular formula is C19H12Cl2N4O. The number of para-hydroxylation sites is 1. The molecular weight excluding hydrogens is 371 g/mol. The summed E-state index contributed by atoms with van der Waals surface area (Å²) in [6.07, 6.45) is 3.04. The van der Waals surface area contributed by atoms with E-state index >= 15 is 0 Å². The minimum atomic E-state index is -0.379. The Balaban J connectivity index is 1.78. The molecule has 5 nitrogen and oxygen atoms in total. The molecule has 0 aliphatic rings. The highest BCUT2D eigenvalue weighted by Gasteiger charge is 2.12. The van der Waals surface area contributed by atoms with Crippen LogP contribution in [-0.4, -0.2) is 10.9 Å². The summed E-state index contributed by atoms with van der Waals surface area (Å²) in [6, 6.07) is 15.6. The van der Waals surface area contributed by atoms with Gasteiger partial charge in [0.05, 0.1) is 44.8 Å². The molecule has 0 unspecified atom stereocenters. The summed E-state index contributed by atoms with van der Waals surface area (Å²) < 4.78 is 0. The summed E-state index contributed by atoms with van der Waals surface area (Å²) in [5, 5.41) is 15.4. The molecule has 0 aliphatic carbocycles. The average molecular weight is 383 g/mol. The van der Waals surface area contributed by atoms with E-state index < -0.39 is 0 Å². The highest BCUT2D eigenvalue weighted by atomic mass is 35.5. The molecule has 3 aromatic rings. The van der Waals surface area contributed by atoms with Gasteiger partial charge in [-0.15, -0.1) is 0 Å². The number of nitriles is 1. The average Bonchev–Trinajstić information content (AvgIpc) is 2.65. The summed E-state index contributed by atoms with van der Waals surface area (Å²) >= 11 is 12.1. The highest BCUT2D eigenvalue weighted by Crippen LogP contribution is 2.30. The number of carbonyl (C=O) groups is 1. The quantitative estimate of drug-likeness (QED) is 0.645. The molecule has 128 valence electrons. The van der Waals surface area contributed by atoms with Gasteiger partial charge < -0.3 is 10.6 Å². The standard InChI is InChI=1S/C19H12Cl2N4O/c20-16-2-1-3-17(21)18(16)25-19(26)13-8-15(11-23-10-13)24-14-6-4-12(9-22)5-7-14/h1-8,10-11,24H,(H,25,26). The molecule has 2 aromatic carbocycles. The lowest BCUT2D eigenvalue weighted by molar-refractivity contribution is 0.102. The van der Waals surface area contributed by atoms with E-state index in [2.05, 4.69) is 21.7 Å². The van der Waals surface area contributed by atoms with Crippen molar-refractivity contribution in [1.82, 2.24) is 4.98 Å². The van der Waals surface area contributed by atoms with Gasteiger partial charge >= 0.3 is 0 Å². The molecule has 1 aromatic heterocycles. The molecule has 0 spiro atoms. The van der Waals surface area contributed by atoms with E-state index in [4.69, 9.17) is 28.5 Å². The Kier molecular flexibility index (Phi) is 5.37. The van der Waals surface area contributed by atoms with Crippen LogP contribution in [0.25, 0.3) is 0 Å². The molecule has 0 radical (unpaired) electrons. The molecule has 3 rings (SSSR count). The molecule has 1 amide bonds. The van der Waals surface area contributed by atoms with Gasteiger partial charge in [0.15, 0.2) is 0 Å². The van der Waals surface area contributed by atoms with Gasteiger partial charge in [0.2, 0.25) is 0 Å². The number of nitrogens with zero attached hydrogens (tertiary/aromatic N) is 2. The van der Waals surface area contributed by atoms with E-state index in [1.54, 1.807) is 54.7 Å². The maximum atomic E-state index is 12.5. The number of pyridine rings is 1. The minimum absolute atomic E-state index is 0.347. The lowest BCUT2D eigenvalue weighted by Gasteiger charge is -2.10. The maximum absolute atomic E-state index is 12.5. The second-order valence-electron chi connectivity index (χ2n) is 5.33. The fourth-order valence-electron chi connectivity index (χ4n) is 2.23. The largest absolute Gasteiger partial charge is 0.354 e. The number of carbonyl (C=O) groups excluding carboxylic acids is 1. The Labute approximate surface area is 160 Å². The fraction of sp³-hybridized carbons (Fsp3) is 0. The number of hydrogen-bond donors (Lipinski definition) is 2. The van der Waals surface area contributed by atoms with Crippen LogP contribution in [0.4, 0.5) is 17.1 Å². The Hall–Kier alpha value is -3.07. The third-order valence-corrected chi connectivity index (χ3v) is 4.13. The monoisotopic (exact) mass is 382 g/mol. The van der Waals surface area contributed by atoms with Crippen LogP contribution in [0.3, 0.4) is 0 Å². The molecule has 0 aliphatic heterocycles. The SMILES string of the molecule is N#Cc1ccc(Nc2cncc(C(=O)Nc3c(Cl)cccc3Cl)c2)cc1. The molecule has 0 atom stereocenters. The van der Waals surface area contributed by atoms with Crippen LogP contribution in [0.15, 0.2) is 60.9 Å². The Morgan fingerprint density at radius 3 is 2.35 bits per heavy atom. The van der Waals surface area contributed by atoms with Crippen molar-refractivity contribution >= 4 is 46.2 Å². The van der Waals surface area contributed by atoms with E-state index in [0.29, 0.717) is 32.5 Å². The molecule has 1 heterocycles. The first-order valence-electron chi connectivity index (χ1n) is 7.54. The van der Waals surface area contributed by atoms with E-state index in [-0.39, 0.29) is 5.91 Å². The first-order chi connectivity index (χ1) is 12.6. The van der Waals surface area contributed by atoms with Gasteiger partial charge in [-0.25, -0.2) is 0 Å². The van der Waals surface area contributed by atoms with Crippen LogP contribution in [-0.2, 0) is 0 Å². The predicted octanol–water partition coefficient (Wildman–Crippen LogP) is 5.26. The van der Waals surface area contributed by atoms with Gasteiger partial charge in [0, 0.05) is 11.9 Å². The van der Waals surface area contributed by atoms with Gasteiger partial charge in [-0.3, -0.25) is 9.78 Å². The number of benzene rings is 2. The Bertz CT molecular complexity index is 977. The molecule has 0 bridgehead atoms. The van der Waals surface area contributed by atoms with Crippen LogP contribution in [0.1, 0.15) is 15.9 Å². The van der Waals surface area contributed by atoms with Crippen LogP contribution < -0.4 is 10.6 Å². The number of halogens is 2. The van der Waals surface area contributed by atoms with Gasteiger partial charge in [-0.1, -0.05) is 29.3 Å². The zero-order chi connectivity index (χ0) is 18.5. The molecule has 0 saturated carbocycles. The highest BCUT2D eigenvalue weighted by molar-refractivity contribution is 6.40. The normalized spacial score (nSPS) is 10.0. The number of hydrogen-bond acceptors (Lipinski definition) is 4. The van der Waals surface area contributed by atoms with Crippen LogP contribution in [0.5, 0.6) is 0 Å². The fourth-order valence-corrected chi connectivity index (χ4v) is 2.72. The van der Waals surface area contributed by atoms with Crippen molar-refractivity contribution in [1.29, 1.82) is 5.26 Å². The Morgan fingerprint density at radius 2 is 1.69 bits per heavy atom. The zero-order valence-electron chi connectivity index (χ0n) is 13.3. The zero-order valence-corrected chi connectivity index (χ0v) is 14.8. The summed E-state index contributed by atoms with van der Waals surface area (Å²) in [5.41, 5.74) is 2.68. The van der Waals surface area contributed by atoms with Crippen LogP contribution in [0, 0.1) is 11.3 Å². The third-order valence-electron chi connectivity index (χ3n) is 3.50. The number of amides is 1. The van der Waals surface area contributed by atoms with Crippen molar-refractivity contribution in [3.8, 4) is 6.07 Å². The molecule has 0 fully saturated rings. The van der Waals surface area contributed by atoms with E-state index in [1.807, 2.05) is 0 Å². The summed E-state index contributed by atoms with van der Waals surface area (Å²) in [7, 11) is 0. The van der Waals surface area contributed by atoms with Gasteiger partial charge in [-0.2, -0.15) is 5.26 Å². The first kappa shape index (κ1) is 17.7. The number of nitrogens with one attached hydrogen (secondary N) is 2. The minimum Gasteiger partial charge on any atom is -0.354 e. The van der Waals surface area contributed by atoms with E-state index in [9.17, 15) is 4.79 Å². The topological polar surface area (TPSA) is 77.8 Å². The van der Waals surface area contributed by atoms with Gasteiger partial charge in [0.1, 0.15) is 0 Å².